The van der Waals surface area contributed by atoms with E-state index in [-0.39, 0.29) is 17.8 Å². The molecule has 10 heteroatoms. The van der Waals surface area contributed by atoms with Gasteiger partial charge in [-0.3, -0.25) is 4.79 Å². The van der Waals surface area contributed by atoms with E-state index in [9.17, 15) is 18.0 Å². The lowest BCUT2D eigenvalue weighted by Gasteiger charge is -2.18. The van der Waals surface area contributed by atoms with Crippen molar-refractivity contribution < 1.29 is 22.7 Å². The molecule has 2 N–H and O–H groups in total. The SMILES string of the molecule is CCNC(=NCc1ccc(OCC(F)(F)F)nc1)NC1CCN(C(=O)CC)C1. The van der Waals surface area contributed by atoms with Gasteiger partial charge in [0, 0.05) is 44.4 Å². The van der Waals surface area contributed by atoms with Crippen LogP contribution >= 0.6 is 0 Å². The lowest BCUT2D eigenvalue weighted by atomic mass is 10.2. The Hall–Kier alpha value is -2.52. The fraction of sp³-hybridized carbons (Fsp3) is 0.611. The number of carbonyl (C=O) groups excluding carboxylic acids is 1. The van der Waals surface area contributed by atoms with E-state index in [0.29, 0.717) is 32.0 Å². The van der Waals surface area contributed by atoms with Crippen molar-refractivity contribution in [1.82, 2.24) is 20.5 Å². The minimum atomic E-state index is -4.39. The number of likely N-dealkylation sites (tertiary alicyclic amines) is 1. The van der Waals surface area contributed by atoms with Gasteiger partial charge in [0.1, 0.15) is 0 Å². The van der Waals surface area contributed by atoms with Crippen LogP contribution in [-0.2, 0) is 11.3 Å². The van der Waals surface area contributed by atoms with Gasteiger partial charge >= 0.3 is 6.18 Å². The highest BCUT2D eigenvalue weighted by Crippen LogP contribution is 2.17. The molecule has 1 aliphatic rings. The number of pyridine rings is 1. The second kappa shape index (κ2) is 10.1. The van der Waals surface area contributed by atoms with Crippen LogP contribution < -0.4 is 15.4 Å². The van der Waals surface area contributed by atoms with Crippen LogP contribution in [0.4, 0.5) is 13.2 Å². The van der Waals surface area contributed by atoms with Crippen molar-refractivity contribution >= 4 is 11.9 Å². The van der Waals surface area contributed by atoms with Crippen LogP contribution in [-0.4, -0.2) is 60.2 Å². The van der Waals surface area contributed by atoms with Crippen molar-refractivity contribution in [2.45, 2.75) is 45.5 Å². The zero-order valence-corrected chi connectivity index (χ0v) is 16.1. The number of ether oxygens (including phenoxy) is 1. The summed E-state index contributed by atoms with van der Waals surface area (Å²) in [4.78, 5) is 22.0. The first-order valence-corrected chi connectivity index (χ1v) is 9.27. The summed E-state index contributed by atoms with van der Waals surface area (Å²) in [5.74, 6) is 0.683. The van der Waals surface area contributed by atoms with E-state index < -0.39 is 12.8 Å². The summed E-state index contributed by atoms with van der Waals surface area (Å²) >= 11 is 0. The number of hydrogen-bond acceptors (Lipinski definition) is 4. The minimum Gasteiger partial charge on any atom is -0.468 e. The second-order valence-electron chi connectivity index (χ2n) is 6.43. The van der Waals surface area contributed by atoms with E-state index in [0.717, 1.165) is 18.5 Å². The number of alkyl halides is 3. The van der Waals surface area contributed by atoms with Gasteiger partial charge < -0.3 is 20.3 Å². The monoisotopic (exact) mass is 401 g/mol. The smallest absolute Gasteiger partial charge is 0.422 e. The number of nitrogens with one attached hydrogen (secondary N) is 2. The first kappa shape index (κ1) is 21.8. The molecule has 1 fully saturated rings. The molecule has 1 aromatic heterocycles. The van der Waals surface area contributed by atoms with Gasteiger partial charge in [0.2, 0.25) is 11.8 Å². The van der Waals surface area contributed by atoms with Gasteiger partial charge in [0.05, 0.1) is 6.54 Å². The highest BCUT2D eigenvalue weighted by molar-refractivity contribution is 5.80. The number of rotatable bonds is 7. The zero-order valence-electron chi connectivity index (χ0n) is 16.1. The molecule has 1 amide bonds. The van der Waals surface area contributed by atoms with Crippen LogP contribution in [0.3, 0.4) is 0 Å². The molecule has 0 radical (unpaired) electrons. The maximum atomic E-state index is 12.2. The van der Waals surface area contributed by atoms with E-state index in [2.05, 4.69) is 25.3 Å². The molecule has 1 aromatic rings. The topological polar surface area (TPSA) is 78.9 Å². The summed E-state index contributed by atoms with van der Waals surface area (Å²) in [5, 5.41) is 6.47. The molecule has 2 rings (SSSR count). The third-order valence-corrected chi connectivity index (χ3v) is 4.13. The lowest BCUT2D eigenvalue weighted by Crippen LogP contribution is -2.45. The summed E-state index contributed by atoms with van der Waals surface area (Å²) in [7, 11) is 0. The Bertz CT molecular complexity index is 664. The van der Waals surface area contributed by atoms with Crippen molar-refractivity contribution in [3.05, 3.63) is 23.9 Å². The molecule has 1 saturated heterocycles. The molecule has 1 atom stereocenters. The van der Waals surface area contributed by atoms with Gasteiger partial charge in [0.15, 0.2) is 12.6 Å². The summed E-state index contributed by atoms with van der Waals surface area (Å²) < 4.78 is 41.0. The fourth-order valence-electron chi connectivity index (χ4n) is 2.76. The van der Waals surface area contributed by atoms with E-state index in [1.54, 1.807) is 6.07 Å². The van der Waals surface area contributed by atoms with Gasteiger partial charge in [-0.05, 0) is 18.9 Å². The van der Waals surface area contributed by atoms with Crippen molar-refractivity contribution in [1.29, 1.82) is 0 Å². The number of aliphatic imine (C=N–C) groups is 1. The molecule has 0 spiro atoms. The van der Waals surface area contributed by atoms with Crippen LogP contribution in [0.15, 0.2) is 23.3 Å². The van der Waals surface area contributed by atoms with Gasteiger partial charge in [-0.2, -0.15) is 13.2 Å². The Morgan fingerprint density at radius 2 is 2.18 bits per heavy atom. The Morgan fingerprint density at radius 3 is 2.79 bits per heavy atom. The fourth-order valence-corrected chi connectivity index (χ4v) is 2.76. The average molecular weight is 401 g/mol. The second-order valence-corrected chi connectivity index (χ2v) is 6.43. The molecule has 7 nitrogen and oxygen atoms in total. The molecule has 156 valence electrons. The molecule has 0 saturated carbocycles. The molecule has 0 aliphatic carbocycles. The third kappa shape index (κ3) is 7.24. The first-order chi connectivity index (χ1) is 13.3. The van der Waals surface area contributed by atoms with Crippen LogP contribution in [0.25, 0.3) is 0 Å². The van der Waals surface area contributed by atoms with E-state index in [4.69, 9.17) is 0 Å². The highest BCUT2D eigenvalue weighted by Gasteiger charge is 2.28. The van der Waals surface area contributed by atoms with Crippen LogP contribution in [0.2, 0.25) is 0 Å². The number of nitrogens with zero attached hydrogens (tertiary/aromatic N) is 3. The summed E-state index contributed by atoms with van der Waals surface area (Å²) in [6, 6.07) is 3.15. The average Bonchev–Trinajstić information content (AvgIpc) is 3.13. The van der Waals surface area contributed by atoms with Crippen LogP contribution in [0.1, 0.15) is 32.3 Å². The van der Waals surface area contributed by atoms with Crippen molar-refractivity contribution in [2.24, 2.45) is 4.99 Å². The van der Waals surface area contributed by atoms with E-state index in [1.807, 2.05) is 18.7 Å². The number of halogens is 3. The maximum absolute atomic E-state index is 12.2. The number of hydrogen-bond donors (Lipinski definition) is 2. The lowest BCUT2D eigenvalue weighted by molar-refractivity contribution is -0.154. The molecule has 1 unspecified atom stereocenters. The standard InChI is InChI=1S/C18H26F3N5O2/c1-3-16(27)26-8-7-14(11-26)25-17(22-4-2)24-10-13-5-6-15(23-9-13)28-12-18(19,20)21/h5-6,9,14H,3-4,7-8,10-12H2,1-2H3,(H2,22,24,25). The molecular weight excluding hydrogens is 375 g/mol. The molecule has 2 heterocycles. The van der Waals surface area contributed by atoms with Crippen LogP contribution in [0, 0.1) is 0 Å². The van der Waals surface area contributed by atoms with Crippen molar-refractivity contribution in [3.8, 4) is 5.88 Å². The largest absolute Gasteiger partial charge is 0.468 e. The van der Waals surface area contributed by atoms with Gasteiger partial charge in [-0.1, -0.05) is 13.0 Å². The van der Waals surface area contributed by atoms with E-state index >= 15 is 0 Å². The number of aromatic nitrogens is 1. The molecule has 0 aromatic carbocycles. The quantitative estimate of drug-likeness (QED) is 0.540. The van der Waals surface area contributed by atoms with Crippen LogP contribution in [0.5, 0.6) is 5.88 Å². The summed E-state index contributed by atoms with van der Waals surface area (Å²) in [6.45, 7) is 4.79. The zero-order chi connectivity index (χ0) is 20.6. The van der Waals surface area contributed by atoms with Gasteiger partial charge in [-0.25, -0.2) is 9.98 Å². The highest BCUT2D eigenvalue weighted by atomic mass is 19.4. The van der Waals surface area contributed by atoms with Gasteiger partial charge in [-0.15, -0.1) is 0 Å². The first-order valence-electron chi connectivity index (χ1n) is 9.27. The summed E-state index contributed by atoms with van der Waals surface area (Å²) in [6.07, 6.45) is -1.61. The molecule has 0 bridgehead atoms. The van der Waals surface area contributed by atoms with Gasteiger partial charge in [0.25, 0.3) is 0 Å². The normalized spacial score (nSPS) is 17.5. The number of amides is 1. The predicted octanol–water partition coefficient (Wildman–Crippen LogP) is 2.09. The van der Waals surface area contributed by atoms with Crippen molar-refractivity contribution in [3.63, 3.8) is 0 Å². The molecule has 28 heavy (non-hydrogen) atoms. The maximum Gasteiger partial charge on any atom is 0.422 e. The molecule has 1 aliphatic heterocycles. The minimum absolute atomic E-state index is 0.0817. The predicted molar refractivity (Wildman–Crippen MR) is 99.0 cm³/mol. The number of guanidine groups is 1. The molecular formula is C18H26F3N5O2. The Labute approximate surface area is 162 Å². The van der Waals surface area contributed by atoms with Crippen molar-refractivity contribution in [2.75, 3.05) is 26.2 Å². The Morgan fingerprint density at radius 1 is 1.39 bits per heavy atom. The van der Waals surface area contributed by atoms with E-state index in [1.165, 1.54) is 12.3 Å². The Kier molecular flexibility index (Phi) is 7.89. The third-order valence-electron chi connectivity index (χ3n) is 4.13. The number of carbonyl (C=O) groups is 1. The Balaban J connectivity index is 1.89. The summed E-state index contributed by atoms with van der Waals surface area (Å²) in [5.41, 5.74) is 0.741.